The second-order valence-electron chi connectivity index (χ2n) is 3.69. The number of aldehydes is 1. The van der Waals surface area contributed by atoms with E-state index in [1.54, 1.807) is 26.5 Å². The summed E-state index contributed by atoms with van der Waals surface area (Å²) in [5.41, 5.74) is 2.33. The highest BCUT2D eigenvalue weighted by Gasteiger charge is 2.06. The first-order valence-corrected chi connectivity index (χ1v) is 5.41. The number of carbonyl (C=O) groups is 1. The molecular formula is C14H13NO3. The summed E-state index contributed by atoms with van der Waals surface area (Å²) >= 11 is 0. The van der Waals surface area contributed by atoms with Crippen molar-refractivity contribution in [3.8, 4) is 22.6 Å². The highest BCUT2D eigenvalue weighted by Crippen LogP contribution is 2.32. The van der Waals surface area contributed by atoms with Crippen LogP contribution in [-0.4, -0.2) is 25.5 Å². The molecule has 0 fully saturated rings. The van der Waals surface area contributed by atoms with Gasteiger partial charge in [-0.1, -0.05) is 6.07 Å². The number of ether oxygens (including phenoxy) is 2. The Bertz CT molecular complexity index is 567. The van der Waals surface area contributed by atoms with Gasteiger partial charge >= 0.3 is 0 Å². The van der Waals surface area contributed by atoms with Crippen molar-refractivity contribution in [2.45, 2.75) is 0 Å². The number of carbonyl (C=O) groups excluding carboxylic acids is 1. The molecule has 92 valence electrons. The number of aromatic nitrogens is 1. The molecule has 0 bridgehead atoms. The second kappa shape index (κ2) is 5.31. The summed E-state index contributed by atoms with van der Waals surface area (Å²) in [7, 11) is 3.17. The fourth-order valence-corrected chi connectivity index (χ4v) is 1.70. The lowest BCUT2D eigenvalue weighted by Gasteiger charge is -2.09. The van der Waals surface area contributed by atoms with Gasteiger partial charge < -0.3 is 9.47 Å². The molecule has 0 atom stereocenters. The van der Waals surface area contributed by atoms with E-state index in [2.05, 4.69) is 4.98 Å². The Morgan fingerprint density at radius 1 is 1.00 bits per heavy atom. The summed E-state index contributed by atoms with van der Waals surface area (Å²) in [6.07, 6.45) is 4.00. The van der Waals surface area contributed by atoms with Crippen LogP contribution in [0.3, 0.4) is 0 Å². The number of hydrogen-bond acceptors (Lipinski definition) is 4. The minimum Gasteiger partial charge on any atom is -0.493 e. The molecule has 0 saturated carbocycles. The van der Waals surface area contributed by atoms with Gasteiger partial charge in [0.05, 0.1) is 14.2 Å². The van der Waals surface area contributed by atoms with Crippen LogP contribution in [-0.2, 0) is 0 Å². The molecule has 0 amide bonds. The van der Waals surface area contributed by atoms with Crippen molar-refractivity contribution in [2.24, 2.45) is 0 Å². The third-order valence-corrected chi connectivity index (χ3v) is 2.61. The number of hydrogen-bond donors (Lipinski definition) is 0. The molecule has 0 aliphatic heterocycles. The van der Waals surface area contributed by atoms with E-state index in [0.717, 1.165) is 17.4 Å². The van der Waals surface area contributed by atoms with Crippen LogP contribution in [0.2, 0.25) is 0 Å². The van der Waals surface area contributed by atoms with Crippen LogP contribution < -0.4 is 9.47 Å². The van der Waals surface area contributed by atoms with Crippen LogP contribution in [0.1, 0.15) is 10.4 Å². The van der Waals surface area contributed by atoms with Gasteiger partial charge in [0.25, 0.3) is 0 Å². The van der Waals surface area contributed by atoms with Gasteiger partial charge in [-0.05, 0) is 23.8 Å². The number of rotatable bonds is 4. The normalized spacial score (nSPS) is 9.89. The van der Waals surface area contributed by atoms with Crippen LogP contribution >= 0.6 is 0 Å². The maximum Gasteiger partial charge on any atom is 0.161 e. The highest BCUT2D eigenvalue weighted by molar-refractivity contribution is 5.78. The molecule has 2 aromatic rings. The molecule has 4 nitrogen and oxygen atoms in total. The summed E-state index contributed by atoms with van der Waals surface area (Å²) in [6.45, 7) is 0. The average molecular weight is 243 g/mol. The number of nitrogens with zero attached hydrogens (tertiary/aromatic N) is 1. The van der Waals surface area contributed by atoms with Gasteiger partial charge in [-0.2, -0.15) is 0 Å². The van der Waals surface area contributed by atoms with Gasteiger partial charge in [0.2, 0.25) is 0 Å². The Kier molecular flexibility index (Phi) is 3.57. The van der Waals surface area contributed by atoms with Gasteiger partial charge in [-0.25, -0.2) is 0 Å². The molecule has 18 heavy (non-hydrogen) atoms. The third-order valence-electron chi connectivity index (χ3n) is 2.61. The molecule has 0 aliphatic rings. The van der Waals surface area contributed by atoms with E-state index in [1.165, 1.54) is 6.20 Å². The van der Waals surface area contributed by atoms with Crippen molar-refractivity contribution in [3.05, 3.63) is 42.2 Å². The smallest absolute Gasteiger partial charge is 0.161 e. The number of benzene rings is 1. The fraction of sp³-hybridized carbons (Fsp3) is 0.143. The molecule has 1 aromatic carbocycles. The minimum atomic E-state index is 0.544. The van der Waals surface area contributed by atoms with Gasteiger partial charge in [0.15, 0.2) is 17.8 Å². The molecule has 4 heteroatoms. The monoisotopic (exact) mass is 243 g/mol. The van der Waals surface area contributed by atoms with Crippen LogP contribution in [0.4, 0.5) is 0 Å². The number of pyridine rings is 1. The van der Waals surface area contributed by atoms with Crippen LogP contribution in [0.15, 0.2) is 36.7 Å². The second-order valence-corrected chi connectivity index (χ2v) is 3.69. The van der Waals surface area contributed by atoms with Gasteiger partial charge in [0, 0.05) is 23.5 Å². The predicted molar refractivity (Wildman–Crippen MR) is 68.2 cm³/mol. The lowest BCUT2D eigenvalue weighted by Crippen LogP contribution is -1.91. The van der Waals surface area contributed by atoms with E-state index in [0.29, 0.717) is 17.1 Å². The van der Waals surface area contributed by atoms with Gasteiger partial charge in [-0.3, -0.25) is 9.78 Å². The lowest BCUT2D eigenvalue weighted by molar-refractivity contribution is 0.112. The topological polar surface area (TPSA) is 48.4 Å². The van der Waals surface area contributed by atoms with E-state index >= 15 is 0 Å². The Hall–Kier alpha value is -2.36. The SMILES string of the molecule is COc1ccc(-c2cncc(C=O)c2)cc1OC. The Labute approximate surface area is 105 Å². The fourth-order valence-electron chi connectivity index (χ4n) is 1.70. The predicted octanol–water partition coefficient (Wildman–Crippen LogP) is 2.58. The summed E-state index contributed by atoms with van der Waals surface area (Å²) < 4.78 is 10.4. The zero-order chi connectivity index (χ0) is 13.0. The molecule has 0 N–H and O–H groups in total. The maximum atomic E-state index is 10.7. The zero-order valence-electron chi connectivity index (χ0n) is 10.2. The van der Waals surface area contributed by atoms with Gasteiger partial charge in [-0.15, -0.1) is 0 Å². The molecule has 2 rings (SSSR count). The van der Waals surface area contributed by atoms with E-state index in [-0.39, 0.29) is 0 Å². The lowest BCUT2D eigenvalue weighted by atomic mass is 10.1. The third kappa shape index (κ3) is 2.32. The molecule has 0 aliphatic carbocycles. The molecule has 0 saturated heterocycles. The largest absolute Gasteiger partial charge is 0.493 e. The molecule has 0 spiro atoms. The standard InChI is InChI=1S/C14H13NO3/c1-17-13-4-3-11(6-14(13)18-2)12-5-10(9-16)7-15-8-12/h3-9H,1-2H3. The van der Waals surface area contributed by atoms with Crippen molar-refractivity contribution in [3.63, 3.8) is 0 Å². The summed E-state index contributed by atoms with van der Waals surface area (Å²) in [5.74, 6) is 1.31. The Balaban J connectivity index is 2.47. The van der Waals surface area contributed by atoms with Crippen molar-refractivity contribution < 1.29 is 14.3 Å². The van der Waals surface area contributed by atoms with Crippen molar-refractivity contribution in [1.29, 1.82) is 0 Å². The maximum absolute atomic E-state index is 10.7. The first-order valence-electron chi connectivity index (χ1n) is 5.41. The molecule has 0 unspecified atom stereocenters. The zero-order valence-corrected chi connectivity index (χ0v) is 10.2. The first kappa shape index (κ1) is 12.1. The van der Waals surface area contributed by atoms with E-state index < -0.39 is 0 Å². The van der Waals surface area contributed by atoms with Crippen LogP contribution in [0, 0.1) is 0 Å². The van der Waals surface area contributed by atoms with E-state index in [9.17, 15) is 4.79 Å². The quantitative estimate of drug-likeness (QED) is 0.774. The highest BCUT2D eigenvalue weighted by atomic mass is 16.5. The molecule has 1 aromatic heterocycles. The van der Waals surface area contributed by atoms with E-state index in [4.69, 9.17) is 9.47 Å². The molecular weight excluding hydrogens is 230 g/mol. The van der Waals surface area contributed by atoms with Crippen molar-refractivity contribution >= 4 is 6.29 Å². The minimum absolute atomic E-state index is 0.544. The Morgan fingerprint density at radius 3 is 2.44 bits per heavy atom. The molecule has 0 radical (unpaired) electrons. The van der Waals surface area contributed by atoms with Crippen LogP contribution in [0.25, 0.3) is 11.1 Å². The number of methoxy groups -OCH3 is 2. The van der Waals surface area contributed by atoms with Crippen molar-refractivity contribution in [1.82, 2.24) is 4.98 Å². The van der Waals surface area contributed by atoms with Crippen molar-refractivity contribution in [2.75, 3.05) is 14.2 Å². The average Bonchev–Trinajstić information content (AvgIpc) is 2.46. The first-order chi connectivity index (χ1) is 8.78. The molecule has 1 heterocycles. The summed E-state index contributed by atoms with van der Waals surface area (Å²) in [6, 6.07) is 7.35. The van der Waals surface area contributed by atoms with Crippen LogP contribution in [0.5, 0.6) is 11.5 Å². The Morgan fingerprint density at radius 2 is 1.78 bits per heavy atom. The summed E-state index contributed by atoms with van der Waals surface area (Å²) in [4.78, 5) is 14.8. The van der Waals surface area contributed by atoms with Gasteiger partial charge in [0.1, 0.15) is 0 Å². The van der Waals surface area contributed by atoms with E-state index in [1.807, 2.05) is 18.2 Å². The summed E-state index contributed by atoms with van der Waals surface area (Å²) in [5, 5.41) is 0.